The highest BCUT2D eigenvalue weighted by Crippen LogP contribution is 2.15. The Morgan fingerprint density at radius 2 is 1.87 bits per heavy atom. The fraction of sp³-hybridized carbons (Fsp3) is 0.909. The fourth-order valence-corrected chi connectivity index (χ4v) is 1.01. The summed E-state index contributed by atoms with van der Waals surface area (Å²) >= 11 is 0. The van der Waals surface area contributed by atoms with E-state index in [1.807, 2.05) is 13.8 Å². The summed E-state index contributed by atoms with van der Waals surface area (Å²) in [6, 6.07) is 0. The van der Waals surface area contributed by atoms with Crippen molar-refractivity contribution in [1.29, 1.82) is 0 Å². The molecule has 0 aromatic carbocycles. The molecule has 0 aliphatic rings. The zero-order valence-corrected chi connectivity index (χ0v) is 10.3. The van der Waals surface area contributed by atoms with E-state index in [1.54, 1.807) is 6.92 Å². The zero-order chi connectivity index (χ0) is 12.1. The molecule has 1 amide bonds. The molecule has 1 atom stereocenters. The first-order chi connectivity index (χ1) is 6.71. The SMILES string of the molecule is CCC(C)(C)OCCCC(C)(N)C(N)=O. The van der Waals surface area contributed by atoms with Crippen LogP contribution in [0.5, 0.6) is 0 Å². The first-order valence-corrected chi connectivity index (χ1v) is 5.44. The van der Waals surface area contributed by atoms with E-state index >= 15 is 0 Å². The topological polar surface area (TPSA) is 78.3 Å². The Morgan fingerprint density at radius 3 is 2.27 bits per heavy atom. The van der Waals surface area contributed by atoms with Gasteiger partial charge in [-0.25, -0.2) is 0 Å². The maximum absolute atomic E-state index is 10.9. The second kappa shape index (κ2) is 5.47. The van der Waals surface area contributed by atoms with Crippen molar-refractivity contribution in [2.24, 2.45) is 11.5 Å². The molecule has 0 rings (SSSR count). The molecule has 0 aliphatic heterocycles. The number of carbonyl (C=O) groups excluding carboxylic acids is 1. The molecule has 4 heteroatoms. The summed E-state index contributed by atoms with van der Waals surface area (Å²) in [6.45, 7) is 8.43. The van der Waals surface area contributed by atoms with Gasteiger partial charge in [0.15, 0.2) is 0 Å². The van der Waals surface area contributed by atoms with Crippen LogP contribution < -0.4 is 11.5 Å². The van der Waals surface area contributed by atoms with Crippen molar-refractivity contribution < 1.29 is 9.53 Å². The summed E-state index contributed by atoms with van der Waals surface area (Å²) < 4.78 is 5.65. The van der Waals surface area contributed by atoms with Gasteiger partial charge in [0.2, 0.25) is 5.91 Å². The quantitative estimate of drug-likeness (QED) is 0.627. The lowest BCUT2D eigenvalue weighted by Gasteiger charge is -2.25. The minimum Gasteiger partial charge on any atom is -0.376 e. The molecule has 4 N–H and O–H groups in total. The van der Waals surface area contributed by atoms with Crippen LogP contribution >= 0.6 is 0 Å². The molecule has 1 unspecified atom stereocenters. The van der Waals surface area contributed by atoms with Crippen molar-refractivity contribution in [3.63, 3.8) is 0 Å². The maximum atomic E-state index is 10.9. The maximum Gasteiger partial charge on any atom is 0.237 e. The highest BCUT2D eigenvalue weighted by atomic mass is 16.5. The molecule has 90 valence electrons. The van der Waals surface area contributed by atoms with Crippen LogP contribution in [0.15, 0.2) is 0 Å². The lowest BCUT2D eigenvalue weighted by Crippen LogP contribution is -2.49. The van der Waals surface area contributed by atoms with Gasteiger partial charge in [-0.15, -0.1) is 0 Å². The Balaban J connectivity index is 3.77. The molecule has 15 heavy (non-hydrogen) atoms. The van der Waals surface area contributed by atoms with E-state index in [1.165, 1.54) is 0 Å². The summed E-state index contributed by atoms with van der Waals surface area (Å²) in [6.07, 6.45) is 2.27. The minimum atomic E-state index is -0.917. The molecular formula is C11H24N2O2. The highest BCUT2D eigenvalue weighted by Gasteiger charge is 2.25. The van der Waals surface area contributed by atoms with Crippen LogP contribution in [0.2, 0.25) is 0 Å². The van der Waals surface area contributed by atoms with E-state index in [-0.39, 0.29) is 5.60 Å². The summed E-state index contributed by atoms with van der Waals surface area (Å²) in [4.78, 5) is 10.9. The van der Waals surface area contributed by atoms with Crippen LogP contribution in [0.1, 0.15) is 47.0 Å². The number of carbonyl (C=O) groups is 1. The van der Waals surface area contributed by atoms with Crippen LogP contribution in [-0.2, 0) is 9.53 Å². The second-order valence-electron chi connectivity index (χ2n) is 4.85. The third-order valence-electron chi connectivity index (χ3n) is 2.75. The molecule has 0 aliphatic carbocycles. The standard InChI is InChI=1S/C11H24N2O2/c1-5-10(2,3)15-8-6-7-11(4,13)9(12)14/h5-8,13H2,1-4H3,(H2,12,14). The van der Waals surface area contributed by atoms with Crippen molar-refractivity contribution in [2.75, 3.05) is 6.61 Å². The zero-order valence-electron chi connectivity index (χ0n) is 10.3. The van der Waals surface area contributed by atoms with Crippen LogP contribution in [0.25, 0.3) is 0 Å². The summed E-state index contributed by atoms with van der Waals surface area (Å²) in [5.74, 6) is -0.461. The van der Waals surface area contributed by atoms with Crippen LogP contribution in [0.4, 0.5) is 0 Å². The Hall–Kier alpha value is -0.610. The number of ether oxygens (including phenoxy) is 1. The van der Waals surface area contributed by atoms with E-state index in [2.05, 4.69) is 6.92 Å². The first-order valence-electron chi connectivity index (χ1n) is 5.44. The molecule has 0 aromatic rings. The average Bonchev–Trinajstić information content (AvgIpc) is 2.12. The summed E-state index contributed by atoms with van der Waals surface area (Å²) in [7, 11) is 0. The number of rotatable bonds is 7. The lowest BCUT2D eigenvalue weighted by atomic mass is 9.97. The van der Waals surface area contributed by atoms with Gasteiger partial charge in [0, 0.05) is 6.61 Å². The Kier molecular flexibility index (Phi) is 5.24. The summed E-state index contributed by atoms with van der Waals surface area (Å²) in [5.41, 5.74) is 9.86. The Bertz CT molecular complexity index is 213. The molecular weight excluding hydrogens is 192 g/mol. The monoisotopic (exact) mass is 216 g/mol. The first kappa shape index (κ1) is 14.4. The molecule has 0 saturated carbocycles. The molecule has 0 heterocycles. The number of nitrogens with two attached hydrogens (primary N) is 2. The molecule has 0 spiro atoms. The fourth-order valence-electron chi connectivity index (χ4n) is 1.01. The van der Waals surface area contributed by atoms with E-state index in [0.29, 0.717) is 13.0 Å². The van der Waals surface area contributed by atoms with Gasteiger partial charge in [0.1, 0.15) is 0 Å². The molecule has 0 bridgehead atoms. The predicted molar refractivity (Wildman–Crippen MR) is 61.3 cm³/mol. The average molecular weight is 216 g/mol. The van der Waals surface area contributed by atoms with Crippen molar-refractivity contribution in [3.05, 3.63) is 0 Å². The molecule has 4 nitrogen and oxygen atoms in total. The summed E-state index contributed by atoms with van der Waals surface area (Å²) in [5, 5.41) is 0. The van der Waals surface area contributed by atoms with Gasteiger partial charge in [0.05, 0.1) is 11.1 Å². The number of amides is 1. The van der Waals surface area contributed by atoms with E-state index in [9.17, 15) is 4.79 Å². The van der Waals surface area contributed by atoms with E-state index in [4.69, 9.17) is 16.2 Å². The normalized spacial score (nSPS) is 16.1. The Morgan fingerprint density at radius 1 is 1.33 bits per heavy atom. The molecule has 0 saturated heterocycles. The van der Waals surface area contributed by atoms with Crippen LogP contribution in [-0.4, -0.2) is 23.7 Å². The van der Waals surface area contributed by atoms with Gasteiger partial charge in [0.25, 0.3) is 0 Å². The second-order valence-corrected chi connectivity index (χ2v) is 4.85. The molecule has 0 fully saturated rings. The van der Waals surface area contributed by atoms with Crippen LogP contribution in [0, 0.1) is 0 Å². The smallest absolute Gasteiger partial charge is 0.237 e. The number of primary amides is 1. The van der Waals surface area contributed by atoms with Gasteiger partial charge >= 0.3 is 0 Å². The van der Waals surface area contributed by atoms with Crippen molar-refractivity contribution >= 4 is 5.91 Å². The van der Waals surface area contributed by atoms with Gasteiger partial charge in [-0.3, -0.25) is 4.79 Å². The number of hydrogen-bond acceptors (Lipinski definition) is 3. The van der Waals surface area contributed by atoms with Crippen molar-refractivity contribution in [1.82, 2.24) is 0 Å². The third kappa shape index (κ3) is 5.74. The minimum absolute atomic E-state index is 0.0995. The Labute approximate surface area is 92.3 Å². The van der Waals surface area contributed by atoms with Crippen LogP contribution in [0.3, 0.4) is 0 Å². The van der Waals surface area contributed by atoms with Crippen molar-refractivity contribution in [3.8, 4) is 0 Å². The van der Waals surface area contributed by atoms with E-state index < -0.39 is 11.4 Å². The lowest BCUT2D eigenvalue weighted by molar-refractivity contribution is -0.123. The van der Waals surface area contributed by atoms with Gasteiger partial charge in [-0.2, -0.15) is 0 Å². The number of hydrogen-bond donors (Lipinski definition) is 2. The van der Waals surface area contributed by atoms with E-state index in [0.717, 1.165) is 12.8 Å². The van der Waals surface area contributed by atoms with Gasteiger partial charge < -0.3 is 16.2 Å². The van der Waals surface area contributed by atoms with Gasteiger partial charge in [-0.1, -0.05) is 6.92 Å². The third-order valence-corrected chi connectivity index (χ3v) is 2.75. The molecule has 0 radical (unpaired) electrons. The van der Waals surface area contributed by atoms with Gasteiger partial charge in [-0.05, 0) is 40.0 Å². The highest BCUT2D eigenvalue weighted by molar-refractivity contribution is 5.83. The largest absolute Gasteiger partial charge is 0.376 e. The van der Waals surface area contributed by atoms with Crippen molar-refractivity contribution in [2.45, 2.75) is 58.1 Å². The predicted octanol–water partition coefficient (Wildman–Crippen LogP) is 1.17. The molecule has 0 aromatic heterocycles.